The Morgan fingerprint density at radius 1 is 0.903 bits per heavy atom. The summed E-state index contributed by atoms with van der Waals surface area (Å²) in [6.45, 7) is 0. The maximum atomic E-state index is 12.8. The van der Waals surface area contributed by atoms with Crippen LogP contribution < -0.4 is 5.32 Å². The Morgan fingerprint density at radius 2 is 1.58 bits per heavy atom. The van der Waals surface area contributed by atoms with E-state index in [1.807, 2.05) is 18.2 Å². The molecule has 0 fully saturated rings. The van der Waals surface area contributed by atoms with Crippen LogP contribution in [0.4, 0.5) is 24.5 Å². The Kier molecular flexibility index (Phi) is 5.48. The van der Waals surface area contributed by atoms with Gasteiger partial charge in [0, 0.05) is 16.9 Å². The molecule has 1 N–H and O–H groups in total. The maximum Gasteiger partial charge on any atom is 0.416 e. The molecule has 3 aromatic carbocycles. The summed E-state index contributed by atoms with van der Waals surface area (Å²) in [6, 6.07) is 20.1. The zero-order valence-electron chi connectivity index (χ0n) is 16.0. The molecule has 4 aromatic rings. The van der Waals surface area contributed by atoms with Gasteiger partial charge in [0.05, 0.1) is 5.56 Å². The van der Waals surface area contributed by atoms with Gasteiger partial charge in [0.1, 0.15) is 0 Å². The van der Waals surface area contributed by atoms with Crippen molar-refractivity contribution in [1.29, 1.82) is 0 Å². The molecule has 0 radical (unpaired) electrons. The minimum Gasteiger partial charge on any atom is -0.355 e. The van der Waals surface area contributed by atoms with Crippen LogP contribution >= 0.6 is 0 Å². The third-order valence-corrected chi connectivity index (χ3v) is 4.61. The van der Waals surface area contributed by atoms with E-state index in [1.165, 1.54) is 16.9 Å². The normalized spacial score (nSPS) is 12.4. The van der Waals surface area contributed by atoms with Crippen LogP contribution in [0.1, 0.15) is 17.2 Å². The monoisotopic (exact) mass is 423 g/mol. The fraction of sp³-hybridized carbons (Fsp3) is 0.0909. The number of carbonyl (C=O) groups excluding carboxylic acids is 1. The number of hydrogen-bond donors (Lipinski definition) is 1. The standard InChI is InChI=1S/C22H16F3N5O/c23-22(24,25)16-10-12-17(13-11-16)26-19-9-5-4-8-18(19)21-27-29-30(28-21)20(14-31)15-6-2-1-3-7-15/h1-14,20,26H/t20-/m1/s1. The van der Waals surface area contributed by atoms with Crippen LogP contribution in [0.3, 0.4) is 0 Å². The second-order valence-electron chi connectivity index (χ2n) is 6.67. The smallest absolute Gasteiger partial charge is 0.355 e. The molecule has 6 nitrogen and oxygen atoms in total. The van der Waals surface area contributed by atoms with Gasteiger partial charge >= 0.3 is 6.18 Å². The Hall–Kier alpha value is -4.01. The van der Waals surface area contributed by atoms with Crippen LogP contribution in [0, 0.1) is 0 Å². The molecule has 0 aliphatic heterocycles. The quantitative estimate of drug-likeness (QED) is 0.447. The minimum absolute atomic E-state index is 0.276. The second-order valence-corrected chi connectivity index (χ2v) is 6.67. The number of benzene rings is 3. The Bertz CT molecular complexity index is 1170. The van der Waals surface area contributed by atoms with Crippen molar-refractivity contribution in [3.8, 4) is 11.4 Å². The van der Waals surface area contributed by atoms with E-state index in [9.17, 15) is 18.0 Å². The molecule has 0 amide bonds. The maximum absolute atomic E-state index is 12.8. The molecular weight excluding hydrogens is 407 g/mol. The van der Waals surface area contributed by atoms with Gasteiger partial charge in [-0.2, -0.15) is 13.2 Å². The van der Waals surface area contributed by atoms with E-state index >= 15 is 0 Å². The van der Waals surface area contributed by atoms with Gasteiger partial charge in [0.15, 0.2) is 12.3 Å². The largest absolute Gasteiger partial charge is 0.416 e. The van der Waals surface area contributed by atoms with Gasteiger partial charge in [-0.3, -0.25) is 0 Å². The van der Waals surface area contributed by atoms with Gasteiger partial charge in [-0.1, -0.05) is 42.5 Å². The number of hydrogen-bond acceptors (Lipinski definition) is 5. The van der Waals surface area contributed by atoms with E-state index in [4.69, 9.17) is 0 Å². The van der Waals surface area contributed by atoms with Crippen molar-refractivity contribution in [2.24, 2.45) is 0 Å². The van der Waals surface area contributed by atoms with Gasteiger partial charge in [-0.05, 0) is 47.2 Å². The second kappa shape index (κ2) is 8.39. The van der Waals surface area contributed by atoms with Gasteiger partial charge in [-0.25, -0.2) is 0 Å². The Morgan fingerprint density at radius 3 is 2.26 bits per heavy atom. The lowest BCUT2D eigenvalue weighted by Gasteiger charge is -2.12. The first-order chi connectivity index (χ1) is 15.0. The molecule has 0 aliphatic rings. The van der Waals surface area contributed by atoms with Crippen LogP contribution in [-0.2, 0) is 11.0 Å². The number of aromatic nitrogens is 4. The van der Waals surface area contributed by atoms with Crippen molar-refractivity contribution in [3.63, 3.8) is 0 Å². The van der Waals surface area contributed by atoms with Crippen molar-refractivity contribution < 1.29 is 18.0 Å². The van der Waals surface area contributed by atoms with Gasteiger partial charge in [-0.15, -0.1) is 15.0 Å². The van der Waals surface area contributed by atoms with E-state index in [0.29, 0.717) is 16.9 Å². The van der Waals surface area contributed by atoms with Crippen LogP contribution in [0.2, 0.25) is 0 Å². The zero-order chi connectivity index (χ0) is 21.8. The molecule has 1 heterocycles. The molecule has 1 atom stereocenters. The molecule has 0 spiro atoms. The minimum atomic E-state index is -4.40. The topological polar surface area (TPSA) is 72.7 Å². The van der Waals surface area contributed by atoms with E-state index < -0.39 is 17.8 Å². The van der Waals surface area contributed by atoms with Crippen molar-refractivity contribution in [2.45, 2.75) is 12.2 Å². The predicted molar refractivity (Wildman–Crippen MR) is 109 cm³/mol. The average Bonchev–Trinajstić information content (AvgIpc) is 3.25. The van der Waals surface area contributed by atoms with Crippen LogP contribution in [0.5, 0.6) is 0 Å². The molecule has 0 saturated heterocycles. The number of para-hydroxylation sites is 1. The van der Waals surface area contributed by atoms with Crippen LogP contribution in [0.15, 0.2) is 78.9 Å². The van der Waals surface area contributed by atoms with Gasteiger partial charge < -0.3 is 10.1 Å². The number of nitrogens with one attached hydrogen (secondary N) is 1. The highest BCUT2D eigenvalue weighted by Gasteiger charge is 2.30. The molecule has 0 bridgehead atoms. The highest BCUT2D eigenvalue weighted by molar-refractivity contribution is 5.77. The molecular formula is C22H16F3N5O. The first-order valence-corrected chi connectivity index (χ1v) is 9.29. The van der Waals surface area contributed by atoms with E-state index in [0.717, 1.165) is 24.0 Å². The highest BCUT2D eigenvalue weighted by atomic mass is 19.4. The molecule has 0 aliphatic carbocycles. The summed E-state index contributed by atoms with van der Waals surface area (Å²) in [5.41, 5.74) is 1.65. The summed E-state index contributed by atoms with van der Waals surface area (Å²) in [4.78, 5) is 12.9. The number of nitrogens with zero attached hydrogens (tertiary/aromatic N) is 4. The number of alkyl halides is 3. The SMILES string of the molecule is O=C[C@H](c1ccccc1)n1nnc(-c2ccccc2Nc2ccc(C(F)(F)F)cc2)n1. The summed E-state index contributed by atoms with van der Waals surface area (Å²) in [5.74, 6) is 0.276. The van der Waals surface area contributed by atoms with Crippen molar-refractivity contribution in [2.75, 3.05) is 5.32 Å². The van der Waals surface area contributed by atoms with E-state index in [2.05, 4.69) is 20.7 Å². The van der Waals surface area contributed by atoms with E-state index in [1.54, 1.807) is 36.4 Å². The third-order valence-electron chi connectivity index (χ3n) is 4.61. The average molecular weight is 423 g/mol. The van der Waals surface area contributed by atoms with Crippen LogP contribution in [-0.4, -0.2) is 26.5 Å². The van der Waals surface area contributed by atoms with Gasteiger partial charge in [0.25, 0.3) is 0 Å². The molecule has 4 rings (SSSR count). The Balaban J connectivity index is 1.61. The van der Waals surface area contributed by atoms with Crippen molar-refractivity contribution in [3.05, 3.63) is 90.0 Å². The summed E-state index contributed by atoms with van der Waals surface area (Å²) >= 11 is 0. The molecule has 31 heavy (non-hydrogen) atoms. The summed E-state index contributed by atoms with van der Waals surface area (Å²) < 4.78 is 38.3. The lowest BCUT2D eigenvalue weighted by atomic mass is 10.1. The molecule has 9 heteroatoms. The first kappa shape index (κ1) is 20.3. The number of aldehydes is 1. The molecule has 0 unspecified atom stereocenters. The zero-order valence-corrected chi connectivity index (χ0v) is 16.0. The number of anilines is 2. The molecule has 0 saturated carbocycles. The molecule has 156 valence electrons. The number of carbonyl (C=O) groups is 1. The first-order valence-electron chi connectivity index (χ1n) is 9.29. The third kappa shape index (κ3) is 4.45. The van der Waals surface area contributed by atoms with Crippen LogP contribution in [0.25, 0.3) is 11.4 Å². The fourth-order valence-corrected chi connectivity index (χ4v) is 3.05. The summed E-state index contributed by atoms with van der Waals surface area (Å²) in [6.07, 6.45) is -3.67. The highest BCUT2D eigenvalue weighted by Crippen LogP contribution is 2.32. The van der Waals surface area contributed by atoms with Crippen molar-refractivity contribution >= 4 is 17.7 Å². The Labute approximate surface area is 175 Å². The number of tetrazole rings is 1. The fourth-order valence-electron chi connectivity index (χ4n) is 3.05. The lowest BCUT2D eigenvalue weighted by molar-refractivity contribution is -0.137. The van der Waals surface area contributed by atoms with E-state index in [-0.39, 0.29) is 5.82 Å². The summed E-state index contributed by atoms with van der Waals surface area (Å²) in [5, 5.41) is 15.5. The van der Waals surface area contributed by atoms with Gasteiger partial charge in [0.2, 0.25) is 5.82 Å². The van der Waals surface area contributed by atoms with Crippen molar-refractivity contribution in [1.82, 2.24) is 20.2 Å². The number of rotatable bonds is 6. The summed E-state index contributed by atoms with van der Waals surface area (Å²) in [7, 11) is 0. The predicted octanol–water partition coefficient (Wildman–Crippen LogP) is 4.89. The number of halogens is 3. The molecule has 1 aromatic heterocycles. The lowest BCUT2D eigenvalue weighted by Crippen LogP contribution is -2.15.